The number of hydrogen-bond acceptors (Lipinski definition) is 3. The topological polar surface area (TPSA) is 41.1 Å². The molecule has 0 saturated carbocycles. The first kappa shape index (κ1) is 15.1. The zero-order chi connectivity index (χ0) is 15.2. The van der Waals surface area contributed by atoms with Crippen LogP contribution in [0.1, 0.15) is 12.8 Å². The van der Waals surface area contributed by atoms with Gasteiger partial charge in [0.15, 0.2) is 0 Å². The van der Waals surface area contributed by atoms with Crippen LogP contribution in [0.4, 0.5) is 5.69 Å². The molecule has 1 unspecified atom stereocenters. The van der Waals surface area contributed by atoms with Crippen LogP contribution in [0.5, 0.6) is 0 Å². The summed E-state index contributed by atoms with van der Waals surface area (Å²) in [6.45, 7) is 1.98. The van der Waals surface area contributed by atoms with E-state index in [9.17, 15) is 4.79 Å². The fraction of sp³-hybridized carbons (Fsp3) is 0.278. The number of carbonyl (C=O) groups excluding carboxylic acids is 1. The Morgan fingerprint density at radius 1 is 1.14 bits per heavy atom. The molecule has 1 amide bonds. The highest BCUT2D eigenvalue weighted by molar-refractivity contribution is 7.99. The van der Waals surface area contributed by atoms with Gasteiger partial charge >= 0.3 is 0 Å². The average molecular weight is 312 g/mol. The maximum atomic E-state index is 12.2. The van der Waals surface area contributed by atoms with Gasteiger partial charge in [-0.05, 0) is 49.7 Å². The quantitative estimate of drug-likeness (QED) is 0.883. The zero-order valence-electron chi connectivity index (χ0n) is 12.4. The fourth-order valence-electron chi connectivity index (χ4n) is 2.63. The third-order valence-electron chi connectivity index (χ3n) is 3.77. The molecule has 2 aromatic carbocycles. The molecule has 3 rings (SSSR count). The van der Waals surface area contributed by atoms with Gasteiger partial charge in [0.1, 0.15) is 0 Å². The smallest absolute Gasteiger partial charge is 0.224 e. The van der Waals surface area contributed by atoms with Crippen LogP contribution in [0.25, 0.3) is 0 Å². The molecule has 0 spiro atoms. The first-order valence-corrected chi connectivity index (χ1v) is 8.45. The van der Waals surface area contributed by atoms with Crippen molar-refractivity contribution >= 4 is 23.4 Å². The normalized spacial score (nSPS) is 17.4. The highest BCUT2D eigenvalue weighted by Gasteiger charge is 2.18. The summed E-state index contributed by atoms with van der Waals surface area (Å²) >= 11 is 1.67. The molecule has 1 aliphatic rings. The third kappa shape index (κ3) is 4.12. The lowest BCUT2D eigenvalue weighted by Crippen LogP contribution is -2.18. The number of nitrogens with one attached hydrogen (secondary N) is 2. The predicted octanol–water partition coefficient (Wildman–Crippen LogP) is 3.78. The summed E-state index contributed by atoms with van der Waals surface area (Å²) in [5.74, 6) is 0.573. The molecule has 0 bridgehead atoms. The van der Waals surface area contributed by atoms with Gasteiger partial charge in [0.2, 0.25) is 5.91 Å². The molecule has 2 aromatic rings. The number of carbonyl (C=O) groups is 1. The van der Waals surface area contributed by atoms with Crippen molar-refractivity contribution in [1.82, 2.24) is 5.32 Å². The van der Waals surface area contributed by atoms with E-state index in [2.05, 4.69) is 22.8 Å². The summed E-state index contributed by atoms with van der Waals surface area (Å²) in [6.07, 6.45) is 1.69. The van der Waals surface area contributed by atoms with E-state index < -0.39 is 0 Å². The molecule has 1 saturated heterocycles. The molecule has 1 aliphatic heterocycles. The van der Waals surface area contributed by atoms with Crippen molar-refractivity contribution in [2.75, 3.05) is 18.4 Å². The minimum atomic E-state index is 0.106. The average Bonchev–Trinajstić information content (AvgIpc) is 3.03. The maximum absolute atomic E-state index is 12.2. The monoisotopic (exact) mass is 312 g/mol. The van der Waals surface area contributed by atoms with Crippen LogP contribution in [-0.2, 0) is 4.79 Å². The van der Waals surface area contributed by atoms with E-state index in [0.29, 0.717) is 12.3 Å². The second-order valence-corrected chi connectivity index (χ2v) is 6.64. The van der Waals surface area contributed by atoms with Crippen LogP contribution < -0.4 is 10.6 Å². The van der Waals surface area contributed by atoms with Crippen LogP contribution in [0, 0.1) is 5.92 Å². The Morgan fingerprint density at radius 3 is 2.68 bits per heavy atom. The molecule has 1 fully saturated rings. The van der Waals surface area contributed by atoms with Crippen molar-refractivity contribution in [3.05, 3.63) is 54.6 Å². The summed E-state index contributed by atoms with van der Waals surface area (Å²) in [4.78, 5) is 14.5. The lowest BCUT2D eigenvalue weighted by atomic mass is 10.0. The van der Waals surface area contributed by atoms with E-state index in [0.717, 1.165) is 30.1 Å². The Balaban J connectivity index is 1.66. The first-order valence-electron chi connectivity index (χ1n) is 7.64. The van der Waals surface area contributed by atoms with Crippen molar-refractivity contribution < 1.29 is 4.79 Å². The van der Waals surface area contributed by atoms with Crippen LogP contribution in [0.3, 0.4) is 0 Å². The number of benzene rings is 2. The van der Waals surface area contributed by atoms with Crippen LogP contribution in [0.15, 0.2) is 64.4 Å². The highest BCUT2D eigenvalue weighted by Crippen LogP contribution is 2.33. The zero-order valence-corrected chi connectivity index (χ0v) is 13.2. The number of para-hydroxylation sites is 1. The van der Waals surface area contributed by atoms with Gasteiger partial charge in [0.25, 0.3) is 0 Å². The lowest BCUT2D eigenvalue weighted by molar-refractivity contribution is -0.117. The van der Waals surface area contributed by atoms with E-state index in [4.69, 9.17) is 0 Å². The Bertz CT molecular complexity index is 624. The first-order chi connectivity index (χ1) is 10.8. The largest absolute Gasteiger partial charge is 0.325 e. The molecule has 22 heavy (non-hydrogen) atoms. The number of hydrogen-bond donors (Lipinski definition) is 2. The molecule has 1 atom stereocenters. The van der Waals surface area contributed by atoms with E-state index in [1.54, 1.807) is 11.8 Å². The van der Waals surface area contributed by atoms with E-state index in [1.807, 2.05) is 42.5 Å². The van der Waals surface area contributed by atoms with Gasteiger partial charge in [-0.25, -0.2) is 0 Å². The lowest BCUT2D eigenvalue weighted by Gasteiger charge is -2.12. The summed E-state index contributed by atoms with van der Waals surface area (Å²) in [5.41, 5.74) is 0.896. The van der Waals surface area contributed by atoms with E-state index in [1.165, 1.54) is 4.90 Å². The van der Waals surface area contributed by atoms with Gasteiger partial charge < -0.3 is 10.6 Å². The fourth-order valence-corrected chi connectivity index (χ4v) is 3.55. The molecule has 2 N–H and O–H groups in total. The minimum absolute atomic E-state index is 0.106. The van der Waals surface area contributed by atoms with Gasteiger partial charge in [-0.2, -0.15) is 0 Å². The standard InChI is InChI=1S/C18H20N2OS/c21-18(12-14-10-11-19-13-14)20-16-8-4-5-9-17(16)22-15-6-2-1-3-7-15/h1-9,14,19H,10-13H2,(H,20,21). The molecule has 0 aliphatic carbocycles. The van der Waals surface area contributed by atoms with Gasteiger partial charge in [-0.15, -0.1) is 0 Å². The van der Waals surface area contributed by atoms with Crippen molar-refractivity contribution in [2.45, 2.75) is 22.6 Å². The van der Waals surface area contributed by atoms with Crippen molar-refractivity contribution in [3.63, 3.8) is 0 Å². The van der Waals surface area contributed by atoms with Crippen LogP contribution >= 0.6 is 11.8 Å². The summed E-state index contributed by atoms with van der Waals surface area (Å²) in [6, 6.07) is 18.2. The van der Waals surface area contributed by atoms with E-state index >= 15 is 0 Å². The molecule has 1 heterocycles. The highest BCUT2D eigenvalue weighted by atomic mass is 32.2. The molecule has 0 aromatic heterocycles. The van der Waals surface area contributed by atoms with Crippen molar-refractivity contribution in [3.8, 4) is 0 Å². The Morgan fingerprint density at radius 2 is 1.91 bits per heavy atom. The van der Waals surface area contributed by atoms with Crippen LogP contribution in [-0.4, -0.2) is 19.0 Å². The van der Waals surface area contributed by atoms with Gasteiger partial charge in [-0.3, -0.25) is 4.79 Å². The molecular formula is C18H20N2OS. The van der Waals surface area contributed by atoms with Gasteiger partial charge in [0.05, 0.1) is 5.69 Å². The summed E-state index contributed by atoms with van der Waals surface area (Å²) < 4.78 is 0. The van der Waals surface area contributed by atoms with Crippen molar-refractivity contribution in [2.24, 2.45) is 5.92 Å². The maximum Gasteiger partial charge on any atom is 0.224 e. The molecule has 0 radical (unpaired) electrons. The van der Waals surface area contributed by atoms with Gasteiger partial charge in [0, 0.05) is 16.2 Å². The summed E-state index contributed by atoms with van der Waals surface area (Å²) in [7, 11) is 0. The second kappa shape index (κ2) is 7.47. The second-order valence-electron chi connectivity index (χ2n) is 5.52. The predicted molar refractivity (Wildman–Crippen MR) is 91.2 cm³/mol. The number of amides is 1. The van der Waals surface area contributed by atoms with Crippen LogP contribution in [0.2, 0.25) is 0 Å². The van der Waals surface area contributed by atoms with E-state index in [-0.39, 0.29) is 5.91 Å². The summed E-state index contributed by atoms with van der Waals surface area (Å²) in [5, 5.41) is 6.37. The Labute approximate surface area is 135 Å². The number of anilines is 1. The molecular weight excluding hydrogens is 292 g/mol. The molecule has 114 valence electrons. The third-order valence-corrected chi connectivity index (χ3v) is 4.85. The Kier molecular flexibility index (Phi) is 5.14. The van der Waals surface area contributed by atoms with Crippen molar-refractivity contribution in [1.29, 1.82) is 0 Å². The minimum Gasteiger partial charge on any atom is -0.325 e. The molecule has 4 heteroatoms. The number of rotatable bonds is 5. The van der Waals surface area contributed by atoms with Gasteiger partial charge in [-0.1, -0.05) is 42.1 Å². The Hall–Kier alpha value is -1.78. The SMILES string of the molecule is O=C(CC1CCNC1)Nc1ccccc1Sc1ccccc1. The molecule has 3 nitrogen and oxygen atoms in total.